The van der Waals surface area contributed by atoms with Gasteiger partial charge in [0.1, 0.15) is 4.60 Å². The number of halogens is 1. The molecule has 2 rings (SSSR count). The van der Waals surface area contributed by atoms with Crippen LogP contribution in [0.4, 0.5) is 11.4 Å². The Balaban J connectivity index is 2.26. The number of nitrogens with one attached hydrogen (secondary N) is 1. The van der Waals surface area contributed by atoms with Crippen molar-refractivity contribution in [2.45, 2.75) is 6.92 Å². The van der Waals surface area contributed by atoms with E-state index in [0.717, 1.165) is 0 Å². The average Bonchev–Trinajstić information content (AvgIpc) is 2.41. The van der Waals surface area contributed by atoms with E-state index in [1.807, 2.05) is 0 Å². The Bertz CT molecular complexity index is 688. The van der Waals surface area contributed by atoms with Gasteiger partial charge in [-0.1, -0.05) is 0 Å². The van der Waals surface area contributed by atoms with Crippen molar-refractivity contribution in [3.8, 4) is 0 Å². The van der Waals surface area contributed by atoms with Crippen LogP contribution >= 0.6 is 15.9 Å². The van der Waals surface area contributed by atoms with Gasteiger partial charge in [0.15, 0.2) is 0 Å². The van der Waals surface area contributed by atoms with Crippen molar-refractivity contribution in [3.05, 3.63) is 62.4 Å². The number of benzene rings is 1. The van der Waals surface area contributed by atoms with Crippen LogP contribution in [0.25, 0.3) is 0 Å². The van der Waals surface area contributed by atoms with E-state index < -0.39 is 4.92 Å². The summed E-state index contributed by atoms with van der Waals surface area (Å²) in [6.07, 6.45) is 1.59. The van der Waals surface area contributed by atoms with Gasteiger partial charge in [-0.05, 0) is 46.6 Å². The second-order valence-corrected chi connectivity index (χ2v) is 4.80. The minimum absolute atomic E-state index is 0.0402. The van der Waals surface area contributed by atoms with Crippen molar-refractivity contribution < 1.29 is 9.72 Å². The normalized spacial score (nSPS) is 10.1. The van der Waals surface area contributed by atoms with Gasteiger partial charge in [-0.25, -0.2) is 4.98 Å². The first-order valence-electron chi connectivity index (χ1n) is 5.66. The van der Waals surface area contributed by atoms with E-state index in [4.69, 9.17) is 0 Å². The standard InChI is InChI=1S/C13H10BrN3O3/c1-8-7-9(17(19)20)4-5-10(8)13(18)16-11-3-2-6-15-12(11)14/h2-7H,1H3,(H,16,18). The molecule has 0 spiro atoms. The van der Waals surface area contributed by atoms with Crippen LogP contribution in [0.2, 0.25) is 0 Å². The number of nitro benzene ring substituents is 1. The first-order valence-corrected chi connectivity index (χ1v) is 6.45. The molecule has 1 N–H and O–H groups in total. The summed E-state index contributed by atoms with van der Waals surface area (Å²) in [4.78, 5) is 26.3. The van der Waals surface area contributed by atoms with E-state index in [1.54, 1.807) is 25.3 Å². The van der Waals surface area contributed by atoms with Gasteiger partial charge in [0, 0.05) is 23.9 Å². The molecule has 7 heteroatoms. The summed E-state index contributed by atoms with van der Waals surface area (Å²) in [5.41, 5.74) is 1.42. The lowest BCUT2D eigenvalue weighted by molar-refractivity contribution is -0.384. The summed E-state index contributed by atoms with van der Waals surface area (Å²) in [6, 6.07) is 7.51. The Kier molecular flexibility index (Phi) is 4.09. The monoisotopic (exact) mass is 335 g/mol. The molecule has 1 amide bonds. The Hall–Kier alpha value is -2.28. The quantitative estimate of drug-likeness (QED) is 0.529. The number of amides is 1. The lowest BCUT2D eigenvalue weighted by Crippen LogP contribution is -2.14. The zero-order chi connectivity index (χ0) is 14.7. The fraction of sp³-hybridized carbons (Fsp3) is 0.0769. The molecule has 1 aromatic carbocycles. The Labute approximate surface area is 123 Å². The number of carbonyl (C=O) groups is 1. The van der Waals surface area contributed by atoms with Crippen molar-refractivity contribution >= 4 is 33.2 Å². The van der Waals surface area contributed by atoms with E-state index >= 15 is 0 Å². The molecule has 0 unspecified atom stereocenters. The molecule has 6 nitrogen and oxygen atoms in total. The van der Waals surface area contributed by atoms with E-state index in [9.17, 15) is 14.9 Å². The SMILES string of the molecule is Cc1cc([N+](=O)[O-])ccc1C(=O)Nc1cccnc1Br. The number of carbonyl (C=O) groups excluding carboxylic acids is 1. The Morgan fingerprint density at radius 2 is 2.15 bits per heavy atom. The third-order valence-electron chi connectivity index (χ3n) is 2.67. The third kappa shape index (κ3) is 3.00. The van der Waals surface area contributed by atoms with E-state index in [0.29, 0.717) is 21.4 Å². The Morgan fingerprint density at radius 1 is 1.40 bits per heavy atom. The average molecular weight is 336 g/mol. The maximum atomic E-state index is 12.1. The molecule has 1 aromatic heterocycles. The van der Waals surface area contributed by atoms with Gasteiger partial charge in [0.05, 0.1) is 10.6 Å². The molecule has 102 valence electrons. The van der Waals surface area contributed by atoms with Crippen LogP contribution in [-0.2, 0) is 0 Å². The maximum Gasteiger partial charge on any atom is 0.269 e. The van der Waals surface area contributed by atoms with Crippen LogP contribution in [0, 0.1) is 17.0 Å². The lowest BCUT2D eigenvalue weighted by Gasteiger charge is -2.08. The summed E-state index contributed by atoms with van der Waals surface area (Å²) >= 11 is 3.23. The second-order valence-electron chi connectivity index (χ2n) is 4.05. The molecule has 20 heavy (non-hydrogen) atoms. The van der Waals surface area contributed by atoms with E-state index in [2.05, 4.69) is 26.2 Å². The second kappa shape index (κ2) is 5.79. The summed E-state index contributed by atoms with van der Waals surface area (Å²) in [7, 11) is 0. The number of non-ortho nitro benzene ring substituents is 1. The van der Waals surface area contributed by atoms with Gasteiger partial charge >= 0.3 is 0 Å². The number of aryl methyl sites for hydroxylation is 1. The van der Waals surface area contributed by atoms with Gasteiger partial charge in [-0.2, -0.15) is 0 Å². The highest BCUT2D eigenvalue weighted by molar-refractivity contribution is 9.10. The van der Waals surface area contributed by atoms with E-state index in [1.165, 1.54) is 18.2 Å². The molecule has 0 radical (unpaired) electrons. The molecular formula is C13H10BrN3O3. The zero-order valence-electron chi connectivity index (χ0n) is 10.5. The molecule has 0 saturated carbocycles. The van der Waals surface area contributed by atoms with Gasteiger partial charge in [-0.15, -0.1) is 0 Å². The van der Waals surface area contributed by atoms with Gasteiger partial charge in [0.25, 0.3) is 11.6 Å². The molecule has 0 aliphatic heterocycles. The van der Waals surface area contributed by atoms with Crippen molar-refractivity contribution in [2.75, 3.05) is 5.32 Å². The fourth-order valence-electron chi connectivity index (χ4n) is 1.69. The first-order chi connectivity index (χ1) is 9.49. The summed E-state index contributed by atoms with van der Waals surface area (Å²) in [6.45, 7) is 1.65. The third-order valence-corrected chi connectivity index (χ3v) is 3.30. The first kappa shape index (κ1) is 14.1. The molecule has 0 atom stereocenters. The van der Waals surface area contributed by atoms with Crippen LogP contribution < -0.4 is 5.32 Å². The number of hydrogen-bond donors (Lipinski definition) is 1. The highest BCUT2D eigenvalue weighted by Crippen LogP contribution is 2.21. The molecule has 1 heterocycles. The van der Waals surface area contributed by atoms with Gasteiger partial charge < -0.3 is 5.32 Å². The van der Waals surface area contributed by atoms with Crippen molar-refractivity contribution in [3.63, 3.8) is 0 Å². The predicted octanol–water partition coefficient (Wildman–Crippen LogP) is 3.31. The fourth-order valence-corrected chi connectivity index (χ4v) is 2.03. The zero-order valence-corrected chi connectivity index (χ0v) is 12.0. The number of nitrogens with zero attached hydrogens (tertiary/aromatic N) is 2. The highest BCUT2D eigenvalue weighted by atomic mass is 79.9. The van der Waals surface area contributed by atoms with Crippen molar-refractivity contribution in [1.82, 2.24) is 4.98 Å². The molecule has 0 bridgehead atoms. The molecule has 0 fully saturated rings. The minimum Gasteiger partial charge on any atom is -0.320 e. The number of pyridine rings is 1. The largest absolute Gasteiger partial charge is 0.320 e. The maximum absolute atomic E-state index is 12.1. The topological polar surface area (TPSA) is 85.1 Å². The minimum atomic E-state index is -0.494. The van der Waals surface area contributed by atoms with Crippen LogP contribution in [0.15, 0.2) is 41.1 Å². The molecule has 0 saturated heterocycles. The number of aromatic nitrogens is 1. The predicted molar refractivity (Wildman–Crippen MR) is 77.7 cm³/mol. The number of hydrogen-bond acceptors (Lipinski definition) is 4. The molecule has 2 aromatic rings. The lowest BCUT2D eigenvalue weighted by atomic mass is 10.1. The Morgan fingerprint density at radius 3 is 2.75 bits per heavy atom. The van der Waals surface area contributed by atoms with Crippen LogP contribution in [0.1, 0.15) is 15.9 Å². The van der Waals surface area contributed by atoms with E-state index in [-0.39, 0.29) is 11.6 Å². The summed E-state index contributed by atoms with van der Waals surface area (Å²) < 4.78 is 0.521. The van der Waals surface area contributed by atoms with Crippen molar-refractivity contribution in [1.29, 1.82) is 0 Å². The number of nitro groups is 1. The van der Waals surface area contributed by atoms with Crippen LogP contribution in [-0.4, -0.2) is 15.8 Å². The smallest absolute Gasteiger partial charge is 0.269 e. The van der Waals surface area contributed by atoms with Crippen LogP contribution in [0.3, 0.4) is 0 Å². The summed E-state index contributed by atoms with van der Waals surface area (Å²) in [5, 5.41) is 13.4. The number of anilines is 1. The van der Waals surface area contributed by atoms with Crippen molar-refractivity contribution in [2.24, 2.45) is 0 Å². The van der Waals surface area contributed by atoms with Gasteiger partial charge in [0.2, 0.25) is 0 Å². The van der Waals surface area contributed by atoms with Gasteiger partial charge in [-0.3, -0.25) is 14.9 Å². The molecule has 0 aliphatic carbocycles. The van der Waals surface area contributed by atoms with Crippen LogP contribution in [0.5, 0.6) is 0 Å². The highest BCUT2D eigenvalue weighted by Gasteiger charge is 2.14. The molecular weight excluding hydrogens is 326 g/mol. The molecule has 0 aliphatic rings. The summed E-state index contributed by atoms with van der Waals surface area (Å²) in [5.74, 6) is -0.342. The number of rotatable bonds is 3.